The number of aliphatic imine (C=N–C) groups is 1. The largest absolute Gasteiger partial charge is 0.483 e. The van der Waals surface area contributed by atoms with Crippen LogP contribution in [0, 0.1) is 0 Å². The van der Waals surface area contributed by atoms with Gasteiger partial charge in [0.05, 0.1) is 12.2 Å². The summed E-state index contributed by atoms with van der Waals surface area (Å²) < 4.78 is 5.86. The van der Waals surface area contributed by atoms with Gasteiger partial charge >= 0.3 is 0 Å². The van der Waals surface area contributed by atoms with E-state index in [1.807, 2.05) is 33.3 Å². The number of ether oxygens (including phenoxy) is 1. The Balaban J connectivity index is 2.20. The fraction of sp³-hybridized carbons (Fsp3) is 0.462. The van der Waals surface area contributed by atoms with Gasteiger partial charge in [-0.15, -0.1) is 0 Å². The highest BCUT2D eigenvalue weighted by atomic mass is 16.5. The summed E-state index contributed by atoms with van der Waals surface area (Å²) in [6.07, 6.45) is 0. The quantitative estimate of drug-likeness (QED) is 0.621. The Kier molecular flexibility index (Phi) is 4.33. The van der Waals surface area contributed by atoms with Crippen molar-refractivity contribution in [3.05, 3.63) is 12.1 Å². The van der Waals surface area contributed by atoms with Gasteiger partial charge < -0.3 is 26.0 Å². The molecule has 1 aromatic carbocycles. The average Bonchev–Trinajstić information content (AvgIpc) is 2.97. The number of nitrogens with zero attached hydrogens (tertiary/aromatic N) is 1. The zero-order valence-electron chi connectivity index (χ0n) is 11.6. The first-order valence-corrected chi connectivity index (χ1v) is 6.39. The fourth-order valence-corrected chi connectivity index (χ4v) is 2.02. The van der Waals surface area contributed by atoms with E-state index in [1.165, 1.54) is 0 Å². The summed E-state index contributed by atoms with van der Waals surface area (Å²) in [5.41, 5.74) is 2.94. The zero-order chi connectivity index (χ0) is 13.7. The van der Waals surface area contributed by atoms with E-state index in [0.29, 0.717) is 6.61 Å². The van der Waals surface area contributed by atoms with Crippen molar-refractivity contribution in [3.8, 4) is 5.75 Å². The van der Waals surface area contributed by atoms with Crippen molar-refractivity contribution in [2.75, 3.05) is 56.8 Å². The van der Waals surface area contributed by atoms with Gasteiger partial charge in [0.2, 0.25) is 0 Å². The monoisotopic (exact) mass is 263 g/mol. The van der Waals surface area contributed by atoms with E-state index in [0.717, 1.165) is 41.7 Å². The SMILES string of the molecule is CNc1cc(NC)c(NC)c(OCC2=NCCN2)c1. The first-order valence-electron chi connectivity index (χ1n) is 6.39. The van der Waals surface area contributed by atoms with Crippen LogP contribution in [0.15, 0.2) is 17.1 Å². The second kappa shape index (κ2) is 6.17. The van der Waals surface area contributed by atoms with Crippen molar-refractivity contribution < 1.29 is 4.74 Å². The molecule has 0 aliphatic carbocycles. The molecule has 6 heteroatoms. The smallest absolute Gasteiger partial charge is 0.147 e. The summed E-state index contributed by atoms with van der Waals surface area (Å²) in [7, 11) is 5.66. The van der Waals surface area contributed by atoms with E-state index in [2.05, 4.69) is 26.3 Å². The first kappa shape index (κ1) is 13.3. The molecule has 1 aromatic rings. The Labute approximate surface area is 113 Å². The van der Waals surface area contributed by atoms with Crippen molar-refractivity contribution >= 4 is 22.9 Å². The standard InChI is InChI=1S/C13H21N5O/c1-14-9-6-10(15-2)13(16-3)11(7-9)19-8-12-17-4-5-18-12/h6-7,14-16H,4-5,8H2,1-3H3,(H,17,18). The molecule has 2 rings (SSSR count). The van der Waals surface area contributed by atoms with Gasteiger partial charge in [0, 0.05) is 39.4 Å². The van der Waals surface area contributed by atoms with Crippen molar-refractivity contribution in [3.63, 3.8) is 0 Å². The molecule has 104 valence electrons. The molecular formula is C13H21N5O. The zero-order valence-corrected chi connectivity index (χ0v) is 11.6. The Hall–Kier alpha value is -2.11. The number of anilines is 3. The van der Waals surface area contributed by atoms with E-state index in [9.17, 15) is 0 Å². The van der Waals surface area contributed by atoms with E-state index >= 15 is 0 Å². The van der Waals surface area contributed by atoms with Crippen molar-refractivity contribution in [1.82, 2.24) is 5.32 Å². The highest BCUT2D eigenvalue weighted by Crippen LogP contribution is 2.35. The van der Waals surface area contributed by atoms with Gasteiger partial charge in [-0.25, -0.2) is 0 Å². The lowest BCUT2D eigenvalue weighted by molar-refractivity contribution is 0.375. The van der Waals surface area contributed by atoms with Crippen LogP contribution in [-0.2, 0) is 0 Å². The van der Waals surface area contributed by atoms with Gasteiger partial charge in [-0.2, -0.15) is 0 Å². The summed E-state index contributed by atoms with van der Waals surface area (Å²) in [5, 5.41) is 12.7. The molecule has 1 aliphatic heterocycles. The van der Waals surface area contributed by atoms with Crippen LogP contribution in [-0.4, -0.2) is 46.7 Å². The average molecular weight is 263 g/mol. The van der Waals surface area contributed by atoms with Crippen molar-refractivity contribution in [1.29, 1.82) is 0 Å². The lowest BCUT2D eigenvalue weighted by atomic mass is 10.2. The van der Waals surface area contributed by atoms with Crippen LogP contribution in [0.4, 0.5) is 17.1 Å². The summed E-state index contributed by atoms with van der Waals surface area (Å²) in [5.74, 6) is 1.71. The van der Waals surface area contributed by atoms with Crippen LogP contribution in [0.5, 0.6) is 5.75 Å². The molecule has 19 heavy (non-hydrogen) atoms. The van der Waals surface area contributed by atoms with Gasteiger partial charge in [0.1, 0.15) is 23.9 Å². The van der Waals surface area contributed by atoms with Gasteiger partial charge in [-0.05, 0) is 6.07 Å². The van der Waals surface area contributed by atoms with Crippen LogP contribution in [0.1, 0.15) is 0 Å². The molecule has 1 aliphatic rings. The predicted octanol–water partition coefficient (Wildman–Crippen LogP) is 1.19. The molecule has 4 N–H and O–H groups in total. The van der Waals surface area contributed by atoms with Crippen LogP contribution in [0.3, 0.4) is 0 Å². The fourth-order valence-electron chi connectivity index (χ4n) is 2.02. The highest BCUT2D eigenvalue weighted by molar-refractivity contribution is 5.86. The predicted molar refractivity (Wildman–Crippen MR) is 80.9 cm³/mol. The van der Waals surface area contributed by atoms with Crippen LogP contribution >= 0.6 is 0 Å². The Morgan fingerprint density at radius 3 is 2.63 bits per heavy atom. The number of amidine groups is 1. The van der Waals surface area contributed by atoms with Crippen LogP contribution in [0.25, 0.3) is 0 Å². The molecule has 0 saturated heterocycles. The maximum Gasteiger partial charge on any atom is 0.147 e. The number of benzene rings is 1. The minimum absolute atomic E-state index is 0.463. The molecule has 0 saturated carbocycles. The van der Waals surface area contributed by atoms with Gasteiger partial charge in [-0.3, -0.25) is 4.99 Å². The summed E-state index contributed by atoms with van der Waals surface area (Å²) in [6, 6.07) is 4.01. The van der Waals surface area contributed by atoms with E-state index in [-0.39, 0.29) is 0 Å². The molecule has 0 amide bonds. The molecule has 0 bridgehead atoms. The van der Waals surface area contributed by atoms with Gasteiger partial charge in [0.25, 0.3) is 0 Å². The third kappa shape index (κ3) is 3.01. The summed E-state index contributed by atoms with van der Waals surface area (Å²) >= 11 is 0. The Bertz CT molecular complexity index is 472. The minimum atomic E-state index is 0.463. The van der Waals surface area contributed by atoms with E-state index in [1.54, 1.807) is 0 Å². The van der Waals surface area contributed by atoms with Gasteiger partial charge in [-0.1, -0.05) is 0 Å². The van der Waals surface area contributed by atoms with E-state index < -0.39 is 0 Å². The molecule has 0 spiro atoms. The molecule has 0 aromatic heterocycles. The molecule has 1 heterocycles. The lowest BCUT2D eigenvalue weighted by Gasteiger charge is -2.17. The number of hydrogen-bond donors (Lipinski definition) is 4. The molecule has 6 nitrogen and oxygen atoms in total. The lowest BCUT2D eigenvalue weighted by Crippen LogP contribution is -2.25. The molecule has 0 radical (unpaired) electrons. The van der Waals surface area contributed by atoms with Crippen LogP contribution < -0.4 is 26.0 Å². The maximum atomic E-state index is 5.86. The number of nitrogens with one attached hydrogen (secondary N) is 4. The van der Waals surface area contributed by atoms with Gasteiger partial charge in [0.15, 0.2) is 0 Å². The van der Waals surface area contributed by atoms with Crippen molar-refractivity contribution in [2.24, 2.45) is 4.99 Å². The molecule has 0 unspecified atom stereocenters. The van der Waals surface area contributed by atoms with Crippen molar-refractivity contribution in [2.45, 2.75) is 0 Å². The number of rotatable bonds is 6. The molecule has 0 fully saturated rings. The summed E-state index contributed by atoms with van der Waals surface area (Å²) in [6.45, 7) is 2.19. The first-order chi connectivity index (χ1) is 9.28. The molecule has 0 atom stereocenters. The Morgan fingerprint density at radius 1 is 1.21 bits per heavy atom. The second-order valence-corrected chi connectivity index (χ2v) is 4.19. The molecular weight excluding hydrogens is 242 g/mol. The normalized spacial score (nSPS) is 13.5. The highest BCUT2D eigenvalue weighted by Gasteiger charge is 2.12. The third-order valence-electron chi connectivity index (χ3n) is 3.02. The van der Waals surface area contributed by atoms with Crippen LogP contribution in [0.2, 0.25) is 0 Å². The van der Waals surface area contributed by atoms with E-state index in [4.69, 9.17) is 4.74 Å². The maximum absolute atomic E-state index is 5.86. The minimum Gasteiger partial charge on any atom is -0.483 e. The topological polar surface area (TPSA) is 69.7 Å². The third-order valence-corrected chi connectivity index (χ3v) is 3.02. The summed E-state index contributed by atoms with van der Waals surface area (Å²) in [4.78, 5) is 4.32. The second-order valence-electron chi connectivity index (χ2n) is 4.19. The number of hydrogen-bond acceptors (Lipinski definition) is 6. The Morgan fingerprint density at radius 2 is 2.05 bits per heavy atom.